The molecular weight excluding hydrogens is 587 g/mol. The monoisotopic (exact) mass is 602 g/mol. The summed E-state index contributed by atoms with van der Waals surface area (Å²) in [4.78, 5) is 16.2. The van der Waals surface area contributed by atoms with Gasteiger partial charge in [0, 0.05) is 25.0 Å². The molecule has 1 fully saturated rings. The zero-order valence-corrected chi connectivity index (χ0v) is 20.6. The van der Waals surface area contributed by atoms with E-state index < -0.39 is 53.3 Å². The number of nitrogens with zero attached hydrogens (tertiary/aromatic N) is 4. The lowest BCUT2D eigenvalue weighted by Crippen LogP contribution is -2.51. The van der Waals surface area contributed by atoms with Crippen molar-refractivity contribution in [1.82, 2.24) is 15.1 Å². The molecule has 1 amide bonds. The number of alkyl halides is 9. The van der Waals surface area contributed by atoms with E-state index in [4.69, 9.17) is 22.6 Å². The van der Waals surface area contributed by atoms with Gasteiger partial charge in [0.1, 0.15) is 5.54 Å². The summed E-state index contributed by atoms with van der Waals surface area (Å²) >= 11 is 6.07. The van der Waals surface area contributed by atoms with Crippen LogP contribution in [-0.2, 0) is 12.7 Å². The molecule has 1 heterocycles. The number of benzene rings is 1. The molecule has 0 saturated heterocycles. The first-order chi connectivity index (χ1) is 18.4. The zero-order valence-electron chi connectivity index (χ0n) is 19.8. The summed E-state index contributed by atoms with van der Waals surface area (Å²) < 4.78 is 124. The van der Waals surface area contributed by atoms with Crippen LogP contribution in [0.4, 0.5) is 45.3 Å². The van der Waals surface area contributed by atoms with Crippen LogP contribution < -0.4 is 15.8 Å². The van der Waals surface area contributed by atoms with Crippen LogP contribution in [0.2, 0.25) is 5.02 Å². The Labute approximate surface area is 223 Å². The summed E-state index contributed by atoms with van der Waals surface area (Å²) in [5.74, 6) is -3.81. The predicted molar refractivity (Wildman–Crippen MR) is 122 cm³/mol. The van der Waals surface area contributed by atoms with Gasteiger partial charge in [0.15, 0.2) is 17.3 Å². The number of allylic oxidation sites excluding steroid dienone is 1. The number of aromatic nitrogens is 2. The van der Waals surface area contributed by atoms with E-state index in [1.807, 2.05) is 6.07 Å². The first-order valence-corrected chi connectivity index (χ1v) is 11.1. The number of carbonyl (C=O) groups is 1. The number of halogens is 10. The van der Waals surface area contributed by atoms with Gasteiger partial charge in [-0.25, -0.2) is 14.1 Å². The maximum atomic E-state index is 14.7. The van der Waals surface area contributed by atoms with E-state index in [9.17, 15) is 44.3 Å². The molecule has 0 radical (unpaired) electrons. The molecule has 1 aromatic carbocycles. The highest BCUT2D eigenvalue weighted by Crippen LogP contribution is 2.56. The predicted octanol–water partition coefficient (Wildman–Crippen LogP) is 5.45. The molecule has 1 aromatic heterocycles. The molecule has 40 heavy (non-hydrogen) atoms. The summed E-state index contributed by atoms with van der Waals surface area (Å²) in [5, 5.41) is 14.4. The Bertz CT molecular complexity index is 1390. The maximum Gasteiger partial charge on any atom is 0.437 e. The number of aliphatic imine (C=N–C) groups is 1. The fourth-order valence-corrected chi connectivity index (χ4v) is 3.59. The number of hydrogen-bond acceptors (Lipinski definition) is 6. The van der Waals surface area contributed by atoms with Crippen LogP contribution in [0.15, 0.2) is 29.4 Å². The number of nitriles is 1. The van der Waals surface area contributed by atoms with Crippen LogP contribution in [0.25, 0.3) is 5.57 Å². The minimum atomic E-state index is -6.67. The van der Waals surface area contributed by atoms with Gasteiger partial charge in [-0.05, 0) is 30.5 Å². The van der Waals surface area contributed by atoms with E-state index in [2.05, 4.69) is 20.1 Å². The number of hydrogen-bond donors (Lipinski definition) is 2. The fraction of sp³-hybridized carbons (Fsp3) is 0.364. The van der Waals surface area contributed by atoms with Crippen molar-refractivity contribution >= 4 is 35.1 Å². The quantitative estimate of drug-likeness (QED) is 0.308. The van der Waals surface area contributed by atoms with Crippen LogP contribution >= 0.6 is 11.6 Å². The molecule has 1 aliphatic carbocycles. The molecule has 18 heteroatoms. The second kappa shape index (κ2) is 10.6. The van der Waals surface area contributed by atoms with Crippen molar-refractivity contribution in [1.29, 1.82) is 5.26 Å². The first-order valence-electron chi connectivity index (χ1n) is 10.7. The Morgan fingerprint density at radius 2 is 1.85 bits per heavy atom. The van der Waals surface area contributed by atoms with Crippen LogP contribution in [0.1, 0.15) is 34.5 Å². The standard InChI is InChI=1S/C22H16ClF9N6O2/c1-38-16(14(40-18(24)25)15(37-38)20(26,21(27,28)29)22(30,31)32)35-8-11(7-33)10-2-3-13(23)12(6-10)17(39)36-19(9-34)4-5-19/h2-3,6-8,18H,4-5,33H2,1H3,(H,36,39). The largest absolute Gasteiger partial charge is 0.437 e. The average Bonchev–Trinajstić information content (AvgIpc) is 3.55. The molecular formula is C22H16ClF9N6O2. The number of nitrogens with one attached hydrogen (secondary N) is 1. The topological polar surface area (TPSA) is 118 Å². The molecule has 8 nitrogen and oxygen atoms in total. The third-order valence-electron chi connectivity index (χ3n) is 5.66. The maximum absolute atomic E-state index is 14.7. The molecule has 216 valence electrons. The molecule has 0 aliphatic heterocycles. The number of rotatable bonds is 8. The molecule has 0 unspecified atom stereocenters. The van der Waals surface area contributed by atoms with Gasteiger partial charge in [-0.1, -0.05) is 17.7 Å². The number of amides is 1. The van der Waals surface area contributed by atoms with Gasteiger partial charge < -0.3 is 15.8 Å². The Balaban J connectivity index is 2.07. The van der Waals surface area contributed by atoms with Crippen molar-refractivity contribution < 1.29 is 49.0 Å². The molecule has 1 saturated carbocycles. The van der Waals surface area contributed by atoms with Crippen molar-refractivity contribution in [3.63, 3.8) is 0 Å². The van der Waals surface area contributed by atoms with E-state index in [1.165, 1.54) is 18.2 Å². The van der Waals surface area contributed by atoms with E-state index in [0.717, 1.165) is 6.20 Å². The van der Waals surface area contributed by atoms with E-state index in [0.29, 0.717) is 26.1 Å². The Hall–Kier alpha value is -3.94. The smallest absolute Gasteiger partial charge is 0.429 e. The lowest BCUT2D eigenvalue weighted by atomic mass is 9.99. The highest BCUT2D eigenvalue weighted by atomic mass is 35.5. The van der Waals surface area contributed by atoms with E-state index in [-0.39, 0.29) is 26.4 Å². The molecule has 1 aliphatic rings. The van der Waals surface area contributed by atoms with Crippen molar-refractivity contribution in [3.8, 4) is 11.8 Å². The van der Waals surface area contributed by atoms with Crippen LogP contribution in [0.5, 0.6) is 5.75 Å². The zero-order chi connectivity index (χ0) is 30.3. The third-order valence-corrected chi connectivity index (χ3v) is 5.99. The summed E-state index contributed by atoms with van der Waals surface area (Å²) in [5.41, 5.74) is -4.43. The minimum Gasteiger partial charge on any atom is -0.429 e. The van der Waals surface area contributed by atoms with Gasteiger partial charge in [-0.3, -0.25) is 4.79 Å². The number of ether oxygens (including phenoxy) is 1. The second-order valence-electron chi connectivity index (χ2n) is 8.38. The summed E-state index contributed by atoms with van der Waals surface area (Å²) in [6.45, 7) is -3.99. The van der Waals surface area contributed by atoms with Gasteiger partial charge in [0.2, 0.25) is 0 Å². The molecule has 3 rings (SSSR count). The van der Waals surface area contributed by atoms with Gasteiger partial charge in [0.25, 0.3) is 5.91 Å². The highest BCUT2D eigenvalue weighted by Gasteiger charge is 2.76. The van der Waals surface area contributed by atoms with Crippen molar-refractivity contribution in [2.75, 3.05) is 0 Å². The van der Waals surface area contributed by atoms with Crippen LogP contribution in [0.3, 0.4) is 0 Å². The minimum absolute atomic E-state index is 0.0502. The second-order valence-corrected chi connectivity index (χ2v) is 8.79. The molecule has 0 spiro atoms. The van der Waals surface area contributed by atoms with E-state index in [1.54, 1.807) is 0 Å². The summed E-state index contributed by atoms with van der Waals surface area (Å²) in [6.07, 6.45) is -11.0. The number of nitrogens with two attached hydrogens (primary N) is 1. The molecule has 0 bridgehead atoms. The fourth-order valence-electron chi connectivity index (χ4n) is 3.39. The van der Waals surface area contributed by atoms with Crippen molar-refractivity contribution in [3.05, 3.63) is 46.2 Å². The molecule has 3 N–H and O–H groups in total. The Morgan fingerprint density at radius 1 is 1.25 bits per heavy atom. The average molecular weight is 603 g/mol. The summed E-state index contributed by atoms with van der Waals surface area (Å²) in [6, 6.07) is 5.67. The van der Waals surface area contributed by atoms with Gasteiger partial charge in [-0.2, -0.15) is 45.5 Å². The SMILES string of the molecule is Cn1nc(C(F)(C(F)(F)F)C(F)(F)F)c(OC(F)F)c1N=CC(=CN)c1ccc(Cl)c(C(=O)NC2(C#N)CC2)c1. The van der Waals surface area contributed by atoms with Crippen LogP contribution in [0, 0.1) is 11.3 Å². The highest BCUT2D eigenvalue weighted by molar-refractivity contribution is 6.34. The molecule has 2 aromatic rings. The first kappa shape index (κ1) is 30.6. The number of aryl methyl sites for hydroxylation is 1. The van der Waals surface area contributed by atoms with Crippen molar-refractivity contribution in [2.45, 2.75) is 43.0 Å². The van der Waals surface area contributed by atoms with Gasteiger partial charge in [0.05, 0.1) is 16.7 Å². The van der Waals surface area contributed by atoms with Crippen molar-refractivity contribution in [2.24, 2.45) is 17.8 Å². The van der Waals surface area contributed by atoms with Gasteiger partial charge >= 0.3 is 24.6 Å². The number of carbonyl (C=O) groups excluding carboxylic acids is 1. The lowest BCUT2D eigenvalue weighted by Gasteiger charge is -2.28. The third kappa shape index (κ3) is 5.67. The lowest BCUT2D eigenvalue weighted by molar-refractivity contribution is -0.350. The van der Waals surface area contributed by atoms with Gasteiger partial charge in [-0.15, -0.1) is 0 Å². The Morgan fingerprint density at radius 3 is 2.33 bits per heavy atom. The molecule has 0 atom stereocenters. The Kier molecular flexibility index (Phi) is 8.08. The normalized spacial score (nSPS) is 15.8. The summed E-state index contributed by atoms with van der Waals surface area (Å²) in [7, 11) is 0.709. The van der Waals surface area contributed by atoms with Crippen LogP contribution in [-0.4, -0.2) is 46.4 Å². The van der Waals surface area contributed by atoms with E-state index >= 15 is 0 Å².